The molecule has 3 heteroatoms. The zero-order valence-electron chi connectivity index (χ0n) is 8.05. The highest BCUT2D eigenvalue weighted by Gasteiger charge is 1.72. The number of carbonyl (C=O) groups is 1. The van der Waals surface area contributed by atoms with Crippen LogP contribution in [0, 0.1) is 0 Å². The normalized spacial score (nSPS) is 9.17. The van der Waals surface area contributed by atoms with Crippen LogP contribution in [0.5, 0.6) is 0 Å². The van der Waals surface area contributed by atoms with Crippen molar-refractivity contribution < 1.29 is 4.79 Å². The van der Waals surface area contributed by atoms with Crippen LogP contribution in [-0.2, 0) is 0 Å². The van der Waals surface area contributed by atoms with Gasteiger partial charge in [-0.25, -0.2) is 4.79 Å². The number of urea groups is 1. The van der Waals surface area contributed by atoms with Crippen molar-refractivity contribution in [2.24, 2.45) is 11.5 Å². The fourth-order valence-electron chi connectivity index (χ4n) is 0.569. The second-order valence-corrected chi connectivity index (χ2v) is 2.45. The molecule has 72 valence electrons. The van der Waals surface area contributed by atoms with Crippen molar-refractivity contribution in [2.75, 3.05) is 0 Å². The molecule has 0 bridgehead atoms. The molecule has 0 aromatic rings. The number of rotatable bonds is 4. The Labute approximate surface area is 74.8 Å². The lowest BCUT2D eigenvalue weighted by Gasteiger charge is -1.83. The van der Waals surface area contributed by atoms with Gasteiger partial charge in [-0.2, -0.15) is 0 Å². The van der Waals surface area contributed by atoms with Gasteiger partial charge in [0.15, 0.2) is 0 Å². The minimum atomic E-state index is -0.833. The zero-order chi connectivity index (χ0) is 9.82. The standard InChI is InChI=1S/C8H16.CH4N2O/c1-3-5-7-8-6-4-2;2-1(3)4/h7-8H,3-6H2,1-2H3;(H4,2,3,4). The van der Waals surface area contributed by atoms with Crippen LogP contribution in [0.3, 0.4) is 0 Å². The lowest BCUT2D eigenvalue weighted by molar-refractivity contribution is 0.256. The first-order chi connectivity index (χ1) is 5.65. The summed E-state index contributed by atoms with van der Waals surface area (Å²) in [5.41, 5.74) is 8.50. The van der Waals surface area contributed by atoms with Crippen molar-refractivity contribution in [3.63, 3.8) is 0 Å². The van der Waals surface area contributed by atoms with Gasteiger partial charge in [-0.15, -0.1) is 0 Å². The van der Waals surface area contributed by atoms with Crippen LogP contribution in [0.1, 0.15) is 39.5 Å². The SMILES string of the molecule is CCCC=CCCC.NC(N)=O. The molecular weight excluding hydrogens is 152 g/mol. The summed E-state index contributed by atoms with van der Waals surface area (Å²) in [4.78, 5) is 9.00. The molecule has 0 aromatic carbocycles. The van der Waals surface area contributed by atoms with Crippen molar-refractivity contribution in [2.45, 2.75) is 39.5 Å². The third kappa shape index (κ3) is 36.0. The fourth-order valence-corrected chi connectivity index (χ4v) is 0.569. The molecule has 0 saturated heterocycles. The molecule has 3 nitrogen and oxygen atoms in total. The Kier molecular flexibility index (Phi) is 14.3. The highest BCUT2D eigenvalue weighted by atomic mass is 16.2. The predicted molar refractivity (Wildman–Crippen MR) is 52.7 cm³/mol. The number of allylic oxidation sites excluding steroid dienone is 2. The van der Waals surface area contributed by atoms with Crippen LogP contribution in [0.4, 0.5) is 4.79 Å². The first-order valence-electron chi connectivity index (χ1n) is 4.35. The molecule has 0 unspecified atom stereocenters. The maximum Gasteiger partial charge on any atom is 0.309 e. The smallest absolute Gasteiger partial charge is 0.309 e. The number of hydrogen-bond acceptors (Lipinski definition) is 1. The molecule has 0 aliphatic heterocycles. The molecular formula is C9H20N2O. The molecule has 2 amide bonds. The van der Waals surface area contributed by atoms with Crippen molar-refractivity contribution in [3.05, 3.63) is 12.2 Å². The number of carbonyl (C=O) groups excluding carboxylic acids is 1. The number of primary amides is 2. The van der Waals surface area contributed by atoms with E-state index < -0.39 is 6.03 Å². The summed E-state index contributed by atoms with van der Waals surface area (Å²) in [6.45, 7) is 4.41. The van der Waals surface area contributed by atoms with Crippen LogP contribution in [0.25, 0.3) is 0 Å². The molecule has 0 aromatic heterocycles. The minimum Gasteiger partial charge on any atom is -0.352 e. The summed E-state index contributed by atoms with van der Waals surface area (Å²) in [5.74, 6) is 0. The minimum absolute atomic E-state index is 0.833. The van der Waals surface area contributed by atoms with Gasteiger partial charge in [-0.1, -0.05) is 38.8 Å². The summed E-state index contributed by atoms with van der Waals surface area (Å²) in [7, 11) is 0. The Morgan fingerprint density at radius 2 is 1.33 bits per heavy atom. The first kappa shape index (κ1) is 13.6. The maximum absolute atomic E-state index is 9.00. The lowest BCUT2D eigenvalue weighted by atomic mass is 10.2. The largest absolute Gasteiger partial charge is 0.352 e. The van der Waals surface area contributed by atoms with E-state index in [1.165, 1.54) is 25.7 Å². The molecule has 12 heavy (non-hydrogen) atoms. The monoisotopic (exact) mass is 172 g/mol. The lowest BCUT2D eigenvalue weighted by Crippen LogP contribution is -2.18. The molecule has 0 saturated carbocycles. The fraction of sp³-hybridized carbons (Fsp3) is 0.667. The van der Waals surface area contributed by atoms with Gasteiger partial charge in [0.05, 0.1) is 0 Å². The van der Waals surface area contributed by atoms with Crippen molar-refractivity contribution >= 4 is 6.03 Å². The molecule has 0 atom stereocenters. The molecule has 0 rings (SSSR count). The number of amides is 2. The van der Waals surface area contributed by atoms with Crippen molar-refractivity contribution in [3.8, 4) is 0 Å². The van der Waals surface area contributed by atoms with E-state index in [1.807, 2.05) is 0 Å². The molecule has 0 radical (unpaired) electrons. The molecule has 4 N–H and O–H groups in total. The molecule has 0 heterocycles. The number of nitrogens with two attached hydrogens (primary N) is 2. The Morgan fingerprint density at radius 1 is 1.08 bits per heavy atom. The van der Waals surface area contributed by atoms with E-state index in [9.17, 15) is 0 Å². The van der Waals surface area contributed by atoms with Crippen molar-refractivity contribution in [1.82, 2.24) is 0 Å². The third-order valence-corrected chi connectivity index (χ3v) is 1.08. The van der Waals surface area contributed by atoms with Gasteiger partial charge in [0.2, 0.25) is 0 Å². The van der Waals surface area contributed by atoms with E-state index in [4.69, 9.17) is 4.79 Å². The average Bonchev–Trinajstić information content (AvgIpc) is 1.97. The highest BCUT2D eigenvalue weighted by Crippen LogP contribution is 1.92. The van der Waals surface area contributed by atoms with E-state index >= 15 is 0 Å². The van der Waals surface area contributed by atoms with Gasteiger partial charge in [-0.05, 0) is 12.8 Å². The Balaban J connectivity index is 0. The Bertz CT molecular complexity index is 110. The van der Waals surface area contributed by atoms with Crippen LogP contribution in [-0.4, -0.2) is 6.03 Å². The van der Waals surface area contributed by atoms with E-state index in [1.54, 1.807) is 0 Å². The van der Waals surface area contributed by atoms with E-state index in [0.29, 0.717) is 0 Å². The summed E-state index contributed by atoms with van der Waals surface area (Å²) in [6.07, 6.45) is 9.59. The predicted octanol–water partition coefficient (Wildman–Crippen LogP) is 2.17. The zero-order valence-corrected chi connectivity index (χ0v) is 8.05. The highest BCUT2D eigenvalue weighted by molar-refractivity contribution is 5.69. The van der Waals surface area contributed by atoms with Crippen molar-refractivity contribution in [1.29, 1.82) is 0 Å². The van der Waals surface area contributed by atoms with E-state index in [2.05, 4.69) is 37.5 Å². The Morgan fingerprint density at radius 3 is 1.50 bits per heavy atom. The topological polar surface area (TPSA) is 69.1 Å². The molecule has 0 fully saturated rings. The third-order valence-electron chi connectivity index (χ3n) is 1.08. The van der Waals surface area contributed by atoms with E-state index in [0.717, 1.165) is 0 Å². The van der Waals surface area contributed by atoms with Gasteiger partial charge in [0, 0.05) is 0 Å². The summed E-state index contributed by atoms with van der Waals surface area (Å²) in [6, 6.07) is -0.833. The van der Waals surface area contributed by atoms with Crippen LogP contribution in [0.2, 0.25) is 0 Å². The van der Waals surface area contributed by atoms with Crippen LogP contribution < -0.4 is 11.5 Å². The summed E-state index contributed by atoms with van der Waals surface area (Å²) < 4.78 is 0. The van der Waals surface area contributed by atoms with E-state index in [-0.39, 0.29) is 0 Å². The second-order valence-electron chi connectivity index (χ2n) is 2.45. The Hall–Kier alpha value is -0.990. The van der Waals surface area contributed by atoms with Gasteiger partial charge < -0.3 is 11.5 Å². The average molecular weight is 172 g/mol. The van der Waals surface area contributed by atoms with Gasteiger partial charge in [0.25, 0.3) is 0 Å². The van der Waals surface area contributed by atoms with Crippen LogP contribution >= 0.6 is 0 Å². The number of hydrogen-bond donors (Lipinski definition) is 2. The molecule has 0 aliphatic rings. The first-order valence-corrected chi connectivity index (χ1v) is 4.35. The van der Waals surface area contributed by atoms with Gasteiger partial charge in [0.1, 0.15) is 0 Å². The molecule has 0 spiro atoms. The quantitative estimate of drug-likeness (QED) is 0.627. The van der Waals surface area contributed by atoms with Gasteiger partial charge >= 0.3 is 6.03 Å². The summed E-state index contributed by atoms with van der Waals surface area (Å²) >= 11 is 0. The van der Waals surface area contributed by atoms with Gasteiger partial charge in [-0.3, -0.25) is 0 Å². The second kappa shape index (κ2) is 12.7. The maximum atomic E-state index is 9.00. The molecule has 0 aliphatic carbocycles. The summed E-state index contributed by atoms with van der Waals surface area (Å²) in [5, 5.41) is 0. The number of unbranched alkanes of at least 4 members (excludes halogenated alkanes) is 2. The van der Waals surface area contributed by atoms with Crippen LogP contribution in [0.15, 0.2) is 12.2 Å².